The van der Waals surface area contributed by atoms with E-state index >= 15 is 0 Å². The Balaban J connectivity index is 1.79. The Labute approximate surface area is 115 Å². The number of nitrogens with one attached hydrogen (secondary N) is 1. The highest BCUT2D eigenvalue weighted by Crippen LogP contribution is 2.22. The summed E-state index contributed by atoms with van der Waals surface area (Å²) in [7, 11) is -2.93. The second-order valence-corrected chi connectivity index (χ2v) is 8.70. The average molecular weight is 292 g/mol. The molecule has 0 amide bonds. The van der Waals surface area contributed by atoms with Crippen LogP contribution in [0.4, 0.5) is 0 Å². The molecule has 0 aromatic rings. The maximum atomic E-state index is 12.0. The lowest BCUT2D eigenvalue weighted by Crippen LogP contribution is -2.48. The van der Waals surface area contributed by atoms with E-state index in [1.54, 1.807) is 18.7 Å². The highest BCUT2D eigenvalue weighted by molar-refractivity contribution is 8.01. The molecular formula is C12H24N2O2S2. The minimum Gasteiger partial charge on any atom is -0.314 e. The first-order valence-electron chi connectivity index (χ1n) is 6.90. The van der Waals surface area contributed by atoms with Crippen LogP contribution >= 0.6 is 11.8 Å². The third-order valence-corrected chi connectivity index (χ3v) is 6.97. The van der Waals surface area contributed by atoms with Crippen LogP contribution in [0.25, 0.3) is 0 Å². The van der Waals surface area contributed by atoms with Crippen LogP contribution < -0.4 is 5.32 Å². The molecule has 0 radical (unpaired) electrons. The minimum absolute atomic E-state index is 0.248. The van der Waals surface area contributed by atoms with Crippen molar-refractivity contribution in [3.63, 3.8) is 0 Å². The molecule has 0 bridgehead atoms. The fraction of sp³-hybridized carbons (Fsp3) is 1.00. The average Bonchev–Trinajstić information content (AvgIpc) is 3.19. The molecule has 0 aromatic carbocycles. The number of rotatable bonds is 7. The molecule has 2 fully saturated rings. The molecule has 1 N–H and O–H groups in total. The summed E-state index contributed by atoms with van der Waals surface area (Å²) in [6.07, 6.45) is 3.68. The summed E-state index contributed by atoms with van der Waals surface area (Å²) in [6, 6.07) is 0.747. The summed E-state index contributed by atoms with van der Waals surface area (Å²) in [5.41, 5.74) is 0. The van der Waals surface area contributed by atoms with Gasteiger partial charge in [0.1, 0.15) is 5.37 Å². The molecule has 2 rings (SSSR count). The lowest BCUT2D eigenvalue weighted by molar-refractivity contribution is 0.265. The Bertz CT molecular complexity index is 355. The van der Waals surface area contributed by atoms with Crippen molar-refractivity contribution in [2.45, 2.75) is 37.6 Å². The van der Waals surface area contributed by atoms with Crippen LogP contribution in [0.1, 0.15) is 26.2 Å². The number of hydrogen-bond acceptors (Lipinski definition) is 5. The van der Waals surface area contributed by atoms with Crippen molar-refractivity contribution in [3.05, 3.63) is 0 Å². The molecular weight excluding hydrogens is 268 g/mol. The van der Waals surface area contributed by atoms with Crippen LogP contribution in [0.15, 0.2) is 0 Å². The zero-order valence-corrected chi connectivity index (χ0v) is 12.7. The van der Waals surface area contributed by atoms with Gasteiger partial charge in [-0.05, 0) is 25.8 Å². The van der Waals surface area contributed by atoms with Crippen LogP contribution in [-0.2, 0) is 9.84 Å². The summed E-state index contributed by atoms with van der Waals surface area (Å²) in [6.45, 7) is 4.59. The third kappa shape index (κ3) is 4.11. The van der Waals surface area contributed by atoms with Crippen molar-refractivity contribution in [1.82, 2.24) is 10.2 Å². The maximum absolute atomic E-state index is 12.0. The largest absolute Gasteiger partial charge is 0.314 e. The van der Waals surface area contributed by atoms with Crippen molar-refractivity contribution in [3.8, 4) is 0 Å². The molecule has 1 saturated heterocycles. The second kappa shape index (κ2) is 6.59. The van der Waals surface area contributed by atoms with Gasteiger partial charge in [0.25, 0.3) is 0 Å². The Kier molecular flexibility index (Phi) is 5.35. The van der Waals surface area contributed by atoms with Gasteiger partial charge in [0, 0.05) is 36.4 Å². The normalized spacial score (nSPS) is 26.4. The zero-order valence-electron chi connectivity index (χ0n) is 11.1. The summed E-state index contributed by atoms with van der Waals surface area (Å²) < 4.78 is 24.1. The quantitative estimate of drug-likeness (QED) is 0.708. The van der Waals surface area contributed by atoms with Gasteiger partial charge in [-0.2, -0.15) is 11.8 Å². The molecule has 1 saturated carbocycles. The van der Waals surface area contributed by atoms with E-state index in [4.69, 9.17) is 0 Å². The van der Waals surface area contributed by atoms with Gasteiger partial charge in [0.15, 0.2) is 9.84 Å². The van der Waals surface area contributed by atoms with Gasteiger partial charge < -0.3 is 5.32 Å². The number of thioether (sulfide) groups is 1. The first kappa shape index (κ1) is 14.6. The Morgan fingerprint density at radius 3 is 2.83 bits per heavy atom. The predicted molar refractivity (Wildman–Crippen MR) is 77.8 cm³/mol. The topological polar surface area (TPSA) is 49.4 Å². The summed E-state index contributed by atoms with van der Waals surface area (Å²) >= 11 is 1.77. The smallest absolute Gasteiger partial charge is 0.166 e. The molecule has 0 spiro atoms. The molecule has 2 aliphatic rings. The fourth-order valence-electron chi connectivity index (χ4n) is 2.27. The van der Waals surface area contributed by atoms with Crippen molar-refractivity contribution in [1.29, 1.82) is 0 Å². The first-order chi connectivity index (χ1) is 8.63. The lowest BCUT2D eigenvalue weighted by Gasteiger charge is -2.34. The van der Waals surface area contributed by atoms with Gasteiger partial charge in [-0.15, -0.1) is 0 Å². The van der Waals surface area contributed by atoms with E-state index in [0.29, 0.717) is 0 Å². The van der Waals surface area contributed by atoms with Crippen LogP contribution in [0.3, 0.4) is 0 Å². The predicted octanol–water partition coefficient (Wildman–Crippen LogP) is 0.938. The molecule has 1 unspecified atom stereocenters. The molecule has 0 aromatic heterocycles. The molecule has 1 heterocycles. The lowest BCUT2D eigenvalue weighted by atomic mass is 10.3. The van der Waals surface area contributed by atoms with Gasteiger partial charge in [0.2, 0.25) is 0 Å². The van der Waals surface area contributed by atoms with E-state index in [2.05, 4.69) is 10.2 Å². The molecule has 6 heteroatoms. The molecule has 1 aliphatic carbocycles. The van der Waals surface area contributed by atoms with E-state index in [-0.39, 0.29) is 11.1 Å². The number of hydrogen-bond donors (Lipinski definition) is 1. The molecule has 106 valence electrons. The second-order valence-electron chi connectivity index (χ2n) is 5.10. The third-order valence-electron chi connectivity index (χ3n) is 3.64. The van der Waals surface area contributed by atoms with Crippen LogP contribution in [0, 0.1) is 0 Å². The van der Waals surface area contributed by atoms with E-state index in [9.17, 15) is 8.42 Å². The van der Waals surface area contributed by atoms with E-state index in [1.165, 1.54) is 12.8 Å². The minimum atomic E-state index is -2.93. The summed E-state index contributed by atoms with van der Waals surface area (Å²) in [4.78, 5) is 2.17. The molecule has 18 heavy (non-hydrogen) atoms. The monoisotopic (exact) mass is 292 g/mol. The Morgan fingerprint density at radius 2 is 2.17 bits per heavy atom. The molecule has 1 atom stereocenters. The SMILES string of the molecule is CCS(=O)(=O)C1CSCCN1CCCNC1CC1. The Hall–Kier alpha value is 0.220. The van der Waals surface area contributed by atoms with Gasteiger partial charge >= 0.3 is 0 Å². The van der Waals surface area contributed by atoms with E-state index < -0.39 is 9.84 Å². The number of sulfone groups is 1. The van der Waals surface area contributed by atoms with E-state index in [1.807, 2.05) is 0 Å². The van der Waals surface area contributed by atoms with Crippen LogP contribution in [0.5, 0.6) is 0 Å². The highest BCUT2D eigenvalue weighted by atomic mass is 32.2. The first-order valence-corrected chi connectivity index (χ1v) is 9.77. The standard InChI is InChI=1S/C12H24N2O2S2/c1-2-18(15,16)12-10-17-9-8-14(12)7-3-6-13-11-4-5-11/h11-13H,2-10H2,1H3. The fourth-order valence-corrected chi connectivity index (χ4v) is 5.38. The van der Waals surface area contributed by atoms with Gasteiger partial charge in [-0.25, -0.2) is 8.42 Å². The number of nitrogens with zero attached hydrogens (tertiary/aromatic N) is 1. The van der Waals surface area contributed by atoms with E-state index in [0.717, 1.165) is 43.6 Å². The van der Waals surface area contributed by atoms with Crippen LogP contribution in [-0.4, -0.2) is 61.6 Å². The Morgan fingerprint density at radius 1 is 1.39 bits per heavy atom. The van der Waals surface area contributed by atoms with Crippen molar-refractivity contribution < 1.29 is 8.42 Å². The summed E-state index contributed by atoms with van der Waals surface area (Å²) in [5.74, 6) is 2.06. The van der Waals surface area contributed by atoms with Crippen molar-refractivity contribution in [2.24, 2.45) is 0 Å². The highest BCUT2D eigenvalue weighted by Gasteiger charge is 2.32. The maximum Gasteiger partial charge on any atom is 0.166 e. The van der Waals surface area contributed by atoms with Crippen molar-refractivity contribution >= 4 is 21.6 Å². The van der Waals surface area contributed by atoms with Gasteiger partial charge in [-0.3, -0.25) is 4.90 Å². The molecule has 4 nitrogen and oxygen atoms in total. The van der Waals surface area contributed by atoms with Crippen LogP contribution in [0.2, 0.25) is 0 Å². The van der Waals surface area contributed by atoms with Crippen molar-refractivity contribution in [2.75, 3.05) is 36.9 Å². The van der Waals surface area contributed by atoms with Gasteiger partial charge in [0.05, 0.1) is 0 Å². The molecule has 1 aliphatic heterocycles. The van der Waals surface area contributed by atoms with Gasteiger partial charge in [-0.1, -0.05) is 6.92 Å². The summed E-state index contributed by atoms with van der Waals surface area (Å²) in [5, 5.41) is 3.23. The zero-order chi connectivity index (χ0) is 13.0.